The van der Waals surface area contributed by atoms with Crippen LogP contribution in [0.2, 0.25) is 0 Å². The number of anilines is 1. The van der Waals surface area contributed by atoms with E-state index in [0.29, 0.717) is 30.8 Å². The number of carbonyl (C=O) groups is 1. The number of carbonyl (C=O) groups excluding carboxylic acids is 1. The van der Waals surface area contributed by atoms with Crippen molar-refractivity contribution in [3.05, 3.63) is 23.4 Å². The summed E-state index contributed by atoms with van der Waals surface area (Å²) < 4.78 is 5.03. The lowest BCUT2D eigenvalue weighted by molar-refractivity contribution is -0.122. The summed E-state index contributed by atoms with van der Waals surface area (Å²) in [6, 6.07) is 6.04. The van der Waals surface area contributed by atoms with E-state index in [1.54, 1.807) is 13.2 Å². The number of hydrogen-bond donors (Lipinski definition) is 1. The van der Waals surface area contributed by atoms with Crippen molar-refractivity contribution in [3.8, 4) is 6.07 Å². The molecule has 25 heavy (non-hydrogen) atoms. The van der Waals surface area contributed by atoms with Crippen LogP contribution in [0.15, 0.2) is 12.1 Å². The van der Waals surface area contributed by atoms with Crippen molar-refractivity contribution in [2.75, 3.05) is 25.2 Å². The number of nitriles is 1. The summed E-state index contributed by atoms with van der Waals surface area (Å²) in [5, 5.41) is 12.2. The van der Waals surface area contributed by atoms with Crippen LogP contribution in [0.5, 0.6) is 0 Å². The number of fused-ring (bicyclic) bond motifs is 1. The molecule has 0 aromatic carbocycles. The van der Waals surface area contributed by atoms with Crippen LogP contribution in [-0.2, 0) is 9.53 Å². The quantitative estimate of drug-likeness (QED) is 0.830. The van der Waals surface area contributed by atoms with Gasteiger partial charge in [0.1, 0.15) is 23.6 Å². The molecule has 134 valence electrons. The molecule has 0 spiro atoms. The largest absolute Gasteiger partial charge is 0.383 e. The van der Waals surface area contributed by atoms with E-state index < -0.39 is 0 Å². The Morgan fingerprint density at radius 1 is 1.44 bits per heavy atom. The van der Waals surface area contributed by atoms with Crippen molar-refractivity contribution in [2.24, 2.45) is 5.92 Å². The van der Waals surface area contributed by atoms with E-state index in [4.69, 9.17) is 4.74 Å². The minimum absolute atomic E-state index is 0.0354. The second kappa shape index (κ2) is 7.83. The lowest BCUT2D eigenvalue weighted by Gasteiger charge is -2.34. The van der Waals surface area contributed by atoms with E-state index in [2.05, 4.69) is 21.3 Å². The molecule has 1 aliphatic carbocycles. The first kappa shape index (κ1) is 17.7. The highest BCUT2D eigenvalue weighted by Crippen LogP contribution is 2.42. The van der Waals surface area contributed by atoms with Gasteiger partial charge in [-0.25, -0.2) is 4.98 Å². The number of hydrogen-bond acceptors (Lipinski definition) is 5. The van der Waals surface area contributed by atoms with Crippen LogP contribution in [0.4, 0.5) is 5.82 Å². The maximum atomic E-state index is 12.8. The molecule has 3 atom stereocenters. The van der Waals surface area contributed by atoms with Crippen molar-refractivity contribution in [2.45, 2.75) is 51.1 Å². The monoisotopic (exact) mass is 342 g/mol. The first-order chi connectivity index (χ1) is 12.1. The van der Waals surface area contributed by atoms with Crippen LogP contribution in [0.1, 0.15) is 43.4 Å². The normalized spacial score (nSPS) is 25.3. The summed E-state index contributed by atoms with van der Waals surface area (Å²) in [7, 11) is 1.63. The van der Waals surface area contributed by atoms with E-state index >= 15 is 0 Å². The molecule has 1 saturated heterocycles. The third kappa shape index (κ3) is 3.77. The number of nitrogens with zero attached hydrogens (tertiary/aromatic N) is 3. The van der Waals surface area contributed by atoms with Crippen molar-refractivity contribution in [3.63, 3.8) is 0 Å². The van der Waals surface area contributed by atoms with Crippen molar-refractivity contribution in [1.82, 2.24) is 10.3 Å². The average Bonchev–Trinajstić information content (AvgIpc) is 3.01. The molecule has 1 amide bonds. The molecule has 1 aromatic heterocycles. The average molecular weight is 342 g/mol. The molecule has 6 nitrogen and oxygen atoms in total. The van der Waals surface area contributed by atoms with Crippen LogP contribution in [-0.4, -0.2) is 43.2 Å². The molecule has 1 aromatic rings. The Kier molecular flexibility index (Phi) is 5.54. The van der Waals surface area contributed by atoms with Gasteiger partial charge in [-0.2, -0.15) is 5.26 Å². The van der Waals surface area contributed by atoms with E-state index in [-0.39, 0.29) is 11.9 Å². The van der Waals surface area contributed by atoms with Crippen molar-refractivity contribution >= 4 is 11.7 Å². The van der Waals surface area contributed by atoms with Crippen LogP contribution in [0.3, 0.4) is 0 Å². The molecule has 1 saturated carbocycles. The standard InChI is InChI=1S/C19H26N4O2/c1-13-9-15(12-20)22-18(10-13)23-16-6-4-3-5-14(16)11-17(23)19(24)21-7-8-25-2/h9-10,14,16-17H,3-8,11H2,1-2H3,(H,21,24)/t14-,16-,17-/m0/s1. The lowest BCUT2D eigenvalue weighted by Crippen LogP contribution is -2.47. The van der Waals surface area contributed by atoms with Gasteiger partial charge in [0.05, 0.1) is 6.61 Å². The maximum Gasteiger partial charge on any atom is 0.242 e. The number of aryl methyl sites for hydroxylation is 1. The number of rotatable bonds is 5. The minimum Gasteiger partial charge on any atom is -0.383 e. The molecule has 1 aliphatic heterocycles. The molecule has 0 unspecified atom stereocenters. The van der Waals surface area contributed by atoms with E-state index in [1.165, 1.54) is 19.3 Å². The van der Waals surface area contributed by atoms with Gasteiger partial charge < -0.3 is 15.0 Å². The maximum absolute atomic E-state index is 12.8. The molecular formula is C19H26N4O2. The number of amides is 1. The topological polar surface area (TPSA) is 78.2 Å². The fourth-order valence-electron chi connectivity index (χ4n) is 4.26. The third-order valence-electron chi connectivity index (χ3n) is 5.33. The predicted octanol–water partition coefficient (Wildman–Crippen LogP) is 2.16. The number of nitrogens with one attached hydrogen (secondary N) is 1. The van der Waals surface area contributed by atoms with Gasteiger partial charge in [0, 0.05) is 19.7 Å². The minimum atomic E-state index is -0.217. The van der Waals surface area contributed by atoms with Gasteiger partial charge in [0.15, 0.2) is 0 Å². The highest BCUT2D eigenvalue weighted by Gasteiger charge is 2.45. The van der Waals surface area contributed by atoms with Crippen LogP contribution in [0.25, 0.3) is 0 Å². The zero-order chi connectivity index (χ0) is 17.8. The molecular weight excluding hydrogens is 316 g/mol. The summed E-state index contributed by atoms with van der Waals surface area (Å²) in [5.41, 5.74) is 1.41. The Bertz CT molecular complexity index is 670. The lowest BCUT2D eigenvalue weighted by atomic mass is 9.84. The van der Waals surface area contributed by atoms with Crippen LogP contribution >= 0.6 is 0 Å². The van der Waals surface area contributed by atoms with Gasteiger partial charge in [0.2, 0.25) is 5.91 Å². The van der Waals surface area contributed by atoms with E-state index in [9.17, 15) is 10.1 Å². The van der Waals surface area contributed by atoms with Gasteiger partial charge in [-0.3, -0.25) is 4.79 Å². The van der Waals surface area contributed by atoms with Gasteiger partial charge in [-0.15, -0.1) is 0 Å². The van der Waals surface area contributed by atoms with E-state index in [0.717, 1.165) is 24.2 Å². The summed E-state index contributed by atoms with van der Waals surface area (Å²) in [4.78, 5) is 19.5. The van der Waals surface area contributed by atoms with Crippen LogP contribution in [0, 0.1) is 24.2 Å². The molecule has 2 fully saturated rings. The highest BCUT2D eigenvalue weighted by atomic mass is 16.5. The fourth-order valence-corrected chi connectivity index (χ4v) is 4.26. The fraction of sp³-hybridized carbons (Fsp3) is 0.632. The third-order valence-corrected chi connectivity index (χ3v) is 5.33. The van der Waals surface area contributed by atoms with Crippen molar-refractivity contribution in [1.29, 1.82) is 5.26 Å². The summed E-state index contributed by atoms with van der Waals surface area (Å²) in [6.45, 7) is 2.99. The summed E-state index contributed by atoms with van der Waals surface area (Å²) >= 11 is 0. The van der Waals surface area contributed by atoms with E-state index in [1.807, 2.05) is 13.0 Å². The number of ether oxygens (including phenoxy) is 1. The van der Waals surface area contributed by atoms with Gasteiger partial charge in [-0.05, 0) is 49.8 Å². The molecule has 0 bridgehead atoms. The molecule has 0 radical (unpaired) electrons. The molecule has 6 heteroatoms. The zero-order valence-electron chi connectivity index (χ0n) is 15.0. The number of aromatic nitrogens is 1. The van der Waals surface area contributed by atoms with Gasteiger partial charge in [-0.1, -0.05) is 12.8 Å². The number of methoxy groups -OCH3 is 1. The first-order valence-electron chi connectivity index (χ1n) is 9.08. The molecule has 1 N–H and O–H groups in total. The Balaban J connectivity index is 1.89. The smallest absolute Gasteiger partial charge is 0.242 e. The van der Waals surface area contributed by atoms with Crippen molar-refractivity contribution < 1.29 is 9.53 Å². The highest BCUT2D eigenvalue weighted by molar-refractivity contribution is 5.86. The SMILES string of the molecule is COCCNC(=O)[C@@H]1C[C@@H]2CCCC[C@@H]2N1c1cc(C)cc(C#N)n1. The Morgan fingerprint density at radius 3 is 3.00 bits per heavy atom. The first-order valence-corrected chi connectivity index (χ1v) is 9.08. The second-order valence-corrected chi connectivity index (χ2v) is 7.05. The van der Waals surface area contributed by atoms with Crippen LogP contribution < -0.4 is 10.2 Å². The summed E-state index contributed by atoms with van der Waals surface area (Å²) in [5.74, 6) is 1.32. The predicted molar refractivity (Wildman–Crippen MR) is 95.2 cm³/mol. The zero-order valence-corrected chi connectivity index (χ0v) is 15.0. The molecule has 2 aliphatic rings. The molecule has 3 rings (SSSR count). The van der Waals surface area contributed by atoms with Gasteiger partial charge >= 0.3 is 0 Å². The Morgan fingerprint density at radius 2 is 2.24 bits per heavy atom. The molecule has 2 heterocycles. The second-order valence-electron chi connectivity index (χ2n) is 7.05. The number of pyridine rings is 1. The Labute approximate surface area is 149 Å². The van der Waals surface area contributed by atoms with Gasteiger partial charge in [0.25, 0.3) is 0 Å². The summed E-state index contributed by atoms with van der Waals surface area (Å²) in [6.07, 6.45) is 5.54. The Hall–Kier alpha value is -2.13.